The number of carbonyl (C=O) groups is 1. The van der Waals surface area contributed by atoms with Gasteiger partial charge in [-0.2, -0.15) is 0 Å². The lowest BCUT2D eigenvalue weighted by Gasteiger charge is -2.11. The number of aryl methyl sites for hydroxylation is 1. The molecule has 0 aliphatic heterocycles. The summed E-state index contributed by atoms with van der Waals surface area (Å²) in [6, 6.07) is 0. The third-order valence-electron chi connectivity index (χ3n) is 4.38. The Bertz CT molecular complexity index is 999. The summed E-state index contributed by atoms with van der Waals surface area (Å²) in [6.45, 7) is 1.87. The molecule has 0 bridgehead atoms. The molecule has 1 aliphatic carbocycles. The van der Waals surface area contributed by atoms with E-state index < -0.39 is 23.1 Å². The number of nitrogens with zero attached hydrogens (tertiary/aromatic N) is 2. The predicted octanol–water partition coefficient (Wildman–Crippen LogP) is 1.74. The number of hydrogen-bond donors (Lipinski definition) is 2. The first kappa shape index (κ1) is 18.1. The number of hydrogen-bond acceptors (Lipinski definition) is 7. The molecule has 26 heavy (non-hydrogen) atoms. The first-order valence-electron chi connectivity index (χ1n) is 8.30. The molecule has 0 spiro atoms. The van der Waals surface area contributed by atoms with Crippen molar-refractivity contribution in [1.82, 2.24) is 9.55 Å². The Hall–Kier alpha value is -2.68. The number of aromatic hydroxyl groups is 1. The number of rotatable bonds is 4. The van der Waals surface area contributed by atoms with Crippen molar-refractivity contribution >= 4 is 28.5 Å². The van der Waals surface area contributed by atoms with Gasteiger partial charge in [-0.05, 0) is 38.2 Å². The number of fused-ring (bicyclic) bond motifs is 1. The highest BCUT2D eigenvalue weighted by Crippen LogP contribution is 2.40. The van der Waals surface area contributed by atoms with Gasteiger partial charge < -0.3 is 9.84 Å². The molecule has 2 aromatic rings. The molecule has 0 aromatic carbocycles. The Kier molecular flexibility index (Phi) is 5.08. The van der Waals surface area contributed by atoms with Crippen LogP contribution < -0.4 is 11.2 Å². The van der Waals surface area contributed by atoms with Crippen molar-refractivity contribution in [3.63, 3.8) is 0 Å². The third kappa shape index (κ3) is 3.10. The Balaban J connectivity index is 2.10. The summed E-state index contributed by atoms with van der Waals surface area (Å²) in [5.74, 6) is -0.917. The number of aromatic nitrogens is 2. The van der Waals surface area contributed by atoms with E-state index in [1.807, 2.05) is 0 Å². The summed E-state index contributed by atoms with van der Waals surface area (Å²) >= 11 is 1.39. The first-order valence-corrected chi connectivity index (χ1v) is 9.12. The maximum atomic E-state index is 12.2. The highest BCUT2D eigenvalue weighted by Gasteiger charge is 2.25. The number of thiophene rings is 1. The van der Waals surface area contributed by atoms with E-state index in [1.54, 1.807) is 6.92 Å². The lowest BCUT2D eigenvalue weighted by atomic mass is 9.95. The van der Waals surface area contributed by atoms with Crippen LogP contribution in [0, 0.1) is 0 Å². The van der Waals surface area contributed by atoms with Gasteiger partial charge in [0.25, 0.3) is 5.56 Å². The van der Waals surface area contributed by atoms with Gasteiger partial charge in [0.2, 0.25) is 5.88 Å². The molecule has 0 saturated heterocycles. The quantitative estimate of drug-likeness (QED) is 0.622. The molecular formula is C17H19N3O5S. The van der Waals surface area contributed by atoms with Gasteiger partial charge in [0.1, 0.15) is 10.6 Å². The molecule has 2 N–H and O–H groups in total. The van der Waals surface area contributed by atoms with Gasteiger partial charge in [0.15, 0.2) is 0 Å². The topological polar surface area (TPSA) is 114 Å². The van der Waals surface area contributed by atoms with E-state index in [1.165, 1.54) is 24.7 Å². The van der Waals surface area contributed by atoms with Crippen LogP contribution in [-0.4, -0.2) is 34.0 Å². The molecule has 0 atom stereocenters. The summed E-state index contributed by atoms with van der Waals surface area (Å²) in [5, 5.41) is 10.6. The Morgan fingerprint density at radius 3 is 2.81 bits per heavy atom. The lowest BCUT2D eigenvalue weighted by Crippen LogP contribution is -2.31. The van der Waals surface area contributed by atoms with Crippen LogP contribution in [0.5, 0.6) is 5.88 Å². The van der Waals surface area contributed by atoms with Crippen LogP contribution in [0.2, 0.25) is 0 Å². The highest BCUT2D eigenvalue weighted by molar-refractivity contribution is 7.16. The Morgan fingerprint density at radius 1 is 1.38 bits per heavy atom. The van der Waals surface area contributed by atoms with Crippen molar-refractivity contribution in [3.8, 4) is 5.88 Å². The first-order chi connectivity index (χ1) is 12.5. The Morgan fingerprint density at radius 2 is 2.12 bits per heavy atom. The average Bonchev–Trinajstić information content (AvgIpc) is 2.99. The number of carbonyl (C=O) groups excluding carboxylic acids is 1. The number of aliphatic imine (C=N–C) groups is 1. The molecule has 138 valence electrons. The molecule has 0 unspecified atom stereocenters. The minimum Gasteiger partial charge on any atom is -0.494 e. The number of esters is 1. The van der Waals surface area contributed by atoms with Gasteiger partial charge in [-0.1, -0.05) is 0 Å². The maximum absolute atomic E-state index is 12.2. The molecule has 1 aliphatic rings. The van der Waals surface area contributed by atoms with Crippen LogP contribution in [0.3, 0.4) is 0 Å². The van der Waals surface area contributed by atoms with Gasteiger partial charge in [-0.3, -0.25) is 14.3 Å². The van der Waals surface area contributed by atoms with E-state index in [-0.39, 0.29) is 12.1 Å². The molecule has 0 radical (unpaired) electrons. The van der Waals surface area contributed by atoms with E-state index in [0.29, 0.717) is 10.6 Å². The highest BCUT2D eigenvalue weighted by atomic mass is 32.1. The van der Waals surface area contributed by atoms with Crippen molar-refractivity contribution in [2.45, 2.75) is 39.2 Å². The summed E-state index contributed by atoms with van der Waals surface area (Å²) in [5.41, 5.74) is -0.176. The molecule has 9 heteroatoms. The molecule has 8 nitrogen and oxygen atoms in total. The number of ether oxygens (including phenoxy) is 1. The molecule has 0 amide bonds. The van der Waals surface area contributed by atoms with Gasteiger partial charge in [0.05, 0.1) is 12.7 Å². The van der Waals surface area contributed by atoms with E-state index in [2.05, 4.69) is 9.98 Å². The molecule has 0 fully saturated rings. The minimum atomic E-state index is -0.734. The second-order valence-electron chi connectivity index (χ2n) is 5.88. The zero-order chi connectivity index (χ0) is 18.8. The minimum absolute atomic E-state index is 0.131. The predicted molar refractivity (Wildman–Crippen MR) is 98.2 cm³/mol. The van der Waals surface area contributed by atoms with Crippen molar-refractivity contribution in [2.24, 2.45) is 4.99 Å². The zero-order valence-corrected chi connectivity index (χ0v) is 15.3. The average molecular weight is 377 g/mol. The van der Waals surface area contributed by atoms with Crippen molar-refractivity contribution in [1.29, 1.82) is 0 Å². The second-order valence-corrected chi connectivity index (χ2v) is 6.97. The normalized spacial score (nSPS) is 13.8. The van der Waals surface area contributed by atoms with Crippen molar-refractivity contribution in [2.75, 3.05) is 7.11 Å². The summed E-state index contributed by atoms with van der Waals surface area (Å²) in [7, 11) is 1.32. The van der Waals surface area contributed by atoms with Crippen LogP contribution in [0.1, 0.15) is 46.1 Å². The van der Waals surface area contributed by atoms with Gasteiger partial charge >= 0.3 is 11.7 Å². The monoisotopic (exact) mass is 377 g/mol. The van der Waals surface area contributed by atoms with Crippen molar-refractivity contribution < 1.29 is 14.6 Å². The second kappa shape index (κ2) is 7.28. The molecule has 2 heterocycles. The number of aromatic amines is 1. The Labute approximate surface area is 152 Å². The van der Waals surface area contributed by atoms with E-state index in [9.17, 15) is 19.5 Å². The lowest BCUT2D eigenvalue weighted by molar-refractivity contribution is 0.0601. The van der Waals surface area contributed by atoms with Gasteiger partial charge in [-0.15, -0.1) is 11.3 Å². The van der Waals surface area contributed by atoms with E-state index in [4.69, 9.17) is 4.74 Å². The zero-order valence-electron chi connectivity index (χ0n) is 14.5. The fourth-order valence-electron chi connectivity index (χ4n) is 3.06. The molecular weight excluding hydrogens is 358 g/mol. The summed E-state index contributed by atoms with van der Waals surface area (Å²) in [6.07, 6.45) is 4.91. The van der Waals surface area contributed by atoms with Crippen LogP contribution in [-0.2, 0) is 24.1 Å². The van der Waals surface area contributed by atoms with Crippen LogP contribution in [0.25, 0.3) is 0 Å². The molecule has 3 rings (SSSR count). The van der Waals surface area contributed by atoms with E-state index in [0.717, 1.165) is 40.7 Å². The smallest absolute Gasteiger partial charge is 0.341 e. The largest absolute Gasteiger partial charge is 0.494 e. The summed E-state index contributed by atoms with van der Waals surface area (Å²) < 4.78 is 5.92. The van der Waals surface area contributed by atoms with E-state index >= 15 is 0 Å². The van der Waals surface area contributed by atoms with Gasteiger partial charge in [0, 0.05) is 17.6 Å². The van der Waals surface area contributed by atoms with Crippen LogP contribution in [0.15, 0.2) is 14.6 Å². The maximum Gasteiger partial charge on any atom is 0.341 e. The third-order valence-corrected chi connectivity index (χ3v) is 5.58. The number of methoxy groups -OCH3 is 1. The van der Waals surface area contributed by atoms with Crippen molar-refractivity contribution in [3.05, 3.63) is 42.4 Å². The fraction of sp³-hybridized carbons (Fsp3) is 0.412. The fourth-order valence-corrected chi connectivity index (χ4v) is 4.28. The van der Waals surface area contributed by atoms with Gasteiger partial charge in [-0.25, -0.2) is 14.6 Å². The number of nitrogens with one attached hydrogen (secondary N) is 1. The SMILES string of the molecule is CCn1c(O)c(C=Nc2sc3c(c2C(=O)OC)CCCC3)c(=O)[nH]c1=O. The van der Waals surface area contributed by atoms with Crippen LogP contribution in [0.4, 0.5) is 5.00 Å². The summed E-state index contributed by atoms with van der Waals surface area (Å²) in [4.78, 5) is 43.4. The number of H-pyrrole nitrogens is 1. The molecule has 2 aromatic heterocycles. The standard InChI is InChI=1S/C17H19N3O5S/c1-3-20-15(22)10(13(21)19-17(20)24)8-18-14-12(16(23)25-2)9-6-4-5-7-11(9)26-14/h8,22H,3-7H2,1-2H3,(H,19,21,24). The van der Waals surface area contributed by atoms with Crippen LogP contribution >= 0.6 is 11.3 Å². The molecule has 0 saturated carbocycles.